The van der Waals surface area contributed by atoms with E-state index in [-0.39, 0.29) is 6.04 Å². The van der Waals surface area contributed by atoms with E-state index in [2.05, 4.69) is 0 Å². The molecule has 0 bridgehead atoms. The Balaban J connectivity index is 2.96. The lowest BCUT2D eigenvalue weighted by molar-refractivity contribution is 0.737. The zero-order valence-electron chi connectivity index (χ0n) is 6.63. The van der Waals surface area contributed by atoms with E-state index in [9.17, 15) is 0 Å². The first-order valence-electron chi connectivity index (χ1n) is 3.65. The van der Waals surface area contributed by atoms with Crippen molar-refractivity contribution < 1.29 is 0 Å². The number of hydrogen-bond donors (Lipinski definition) is 3. The molecule has 0 saturated heterocycles. The molecule has 6 N–H and O–H groups in total. The second-order valence-corrected chi connectivity index (χ2v) is 3.03. The summed E-state index contributed by atoms with van der Waals surface area (Å²) in [5.41, 5.74) is 18.1. The van der Waals surface area contributed by atoms with Gasteiger partial charge in [-0.3, -0.25) is 0 Å². The fraction of sp³-hybridized carbons (Fsp3) is 0.250. The van der Waals surface area contributed by atoms with Gasteiger partial charge in [0.2, 0.25) is 0 Å². The third-order valence-corrected chi connectivity index (χ3v) is 2.05. The summed E-state index contributed by atoms with van der Waals surface area (Å²) >= 11 is 5.73. The molecule has 66 valence electrons. The maximum atomic E-state index is 5.73. The lowest BCUT2D eigenvalue weighted by atomic mass is 10.1. The quantitative estimate of drug-likeness (QED) is 0.599. The summed E-state index contributed by atoms with van der Waals surface area (Å²) in [5, 5.41) is 0.544. The van der Waals surface area contributed by atoms with E-state index in [4.69, 9.17) is 28.8 Å². The number of rotatable bonds is 2. The predicted molar refractivity (Wildman–Crippen MR) is 51.8 cm³/mol. The molecule has 0 aromatic heterocycles. The molecular formula is C8H12ClN3. The largest absolute Gasteiger partial charge is 0.398 e. The van der Waals surface area contributed by atoms with Crippen molar-refractivity contribution in [2.24, 2.45) is 11.5 Å². The van der Waals surface area contributed by atoms with Gasteiger partial charge in [0.15, 0.2) is 0 Å². The zero-order valence-corrected chi connectivity index (χ0v) is 7.38. The minimum Gasteiger partial charge on any atom is -0.398 e. The third-order valence-electron chi connectivity index (χ3n) is 1.70. The average Bonchev–Trinajstić information content (AvgIpc) is 2.08. The molecule has 1 unspecified atom stereocenters. The molecule has 0 aliphatic rings. The van der Waals surface area contributed by atoms with Crippen molar-refractivity contribution in [2.75, 3.05) is 12.3 Å². The Morgan fingerprint density at radius 3 is 2.58 bits per heavy atom. The summed E-state index contributed by atoms with van der Waals surface area (Å²) in [6, 6.07) is 5.14. The van der Waals surface area contributed by atoms with Crippen molar-refractivity contribution >= 4 is 17.3 Å². The number of nitrogens with two attached hydrogens (primary N) is 3. The smallest absolute Gasteiger partial charge is 0.0635 e. The molecule has 0 aliphatic heterocycles. The molecular weight excluding hydrogens is 174 g/mol. The van der Waals surface area contributed by atoms with E-state index in [1.165, 1.54) is 0 Å². The van der Waals surface area contributed by atoms with Crippen molar-refractivity contribution in [3.05, 3.63) is 28.8 Å². The van der Waals surface area contributed by atoms with Crippen LogP contribution in [0.15, 0.2) is 18.2 Å². The first kappa shape index (κ1) is 9.32. The number of benzene rings is 1. The van der Waals surface area contributed by atoms with Crippen LogP contribution in [0.3, 0.4) is 0 Å². The molecule has 3 nitrogen and oxygen atoms in total. The molecule has 1 aromatic carbocycles. The van der Waals surface area contributed by atoms with Gasteiger partial charge in [0.25, 0.3) is 0 Å². The van der Waals surface area contributed by atoms with Gasteiger partial charge in [-0.05, 0) is 17.7 Å². The number of halogens is 1. The minimum atomic E-state index is -0.162. The fourth-order valence-electron chi connectivity index (χ4n) is 0.929. The van der Waals surface area contributed by atoms with Gasteiger partial charge < -0.3 is 17.2 Å². The van der Waals surface area contributed by atoms with E-state index in [1.54, 1.807) is 12.1 Å². The van der Waals surface area contributed by atoms with Gasteiger partial charge in [-0.2, -0.15) is 0 Å². The first-order chi connectivity index (χ1) is 5.65. The standard InChI is InChI=1S/C8H12ClN3/c9-6-2-1-5(3-7(6)11)8(12)4-10/h1-3,8H,4,10-12H2. The summed E-state index contributed by atoms with van der Waals surface area (Å²) in [4.78, 5) is 0. The topological polar surface area (TPSA) is 78.1 Å². The first-order valence-corrected chi connectivity index (χ1v) is 4.03. The summed E-state index contributed by atoms with van der Waals surface area (Å²) in [7, 11) is 0. The monoisotopic (exact) mass is 185 g/mol. The number of anilines is 1. The molecule has 0 amide bonds. The van der Waals surface area contributed by atoms with Crippen LogP contribution in [0.2, 0.25) is 5.02 Å². The molecule has 12 heavy (non-hydrogen) atoms. The Hall–Kier alpha value is -0.770. The predicted octanol–water partition coefficient (Wildman–Crippen LogP) is 0.881. The molecule has 1 rings (SSSR count). The highest BCUT2D eigenvalue weighted by atomic mass is 35.5. The lowest BCUT2D eigenvalue weighted by Gasteiger charge is -2.09. The van der Waals surface area contributed by atoms with Crippen molar-refractivity contribution in [1.82, 2.24) is 0 Å². The second-order valence-electron chi connectivity index (χ2n) is 2.62. The van der Waals surface area contributed by atoms with Crippen LogP contribution in [0.5, 0.6) is 0 Å². The van der Waals surface area contributed by atoms with Gasteiger partial charge in [0.05, 0.1) is 10.7 Å². The Morgan fingerprint density at radius 1 is 1.42 bits per heavy atom. The van der Waals surface area contributed by atoms with Gasteiger partial charge in [0.1, 0.15) is 0 Å². The van der Waals surface area contributed by atoms with E-state index in [0.717, 1.165) is 5.56 Å². The fourth-order valence-corrected chi connectivity index (χ4v) is 1.05. The Kier molecular flexibility index (Phi) is 2.92. The number of nitrogen functional groups attached to an aromatic ring is 1. The van der Waals surface area contributed by atoms with Gasteiger partial charge in [-0.25, -0.2) is 0 Å². The summed E-state index contributed by atoms with van der Waals surface area (Å²) in [5.74, 6) is 0. The molecule has 0 spiro atoms. The van der Waals surface area contributed by atoms with Crippen LogP contribution in [0.25, 0.3) is 0 Å². The SMILES string of the molecule is NCC(N)c1ccc(Cl)c(N)c1. The van der Waals surface area contributed by atoms with E-state index in [1.807, 2.05) is 6.07 Å². The highest BCUT2D eigenvalue weighted by Crippen LogP contribution is 2.21. The van der Waals surface area contributed by atoms with Gasteiger partial charge in [-0.15, -0.1) is 0 Å². The zero-order chi connectivity index (χ0) is 9.14. The molecule has 0 aliphatic carbocycles. The van der Waals surface area contributed by atoms with Crippen LogP contribution < -0.4 is 17.2 Å². The van der Waals surface area contributed by atoms with Crippen LogP contribution in [-0.2, 0) is 0 Å². The van der Waals surface area contributed by atoms with E-state index < -0.39 is 0 Å². The molecule has 0 heterocycles. The van der Waals surface area contributed by atoms with Gasteiger partial charge >= 0.3 is 0 Å². The highest BCUT2D eigenvalue weighted by Gasteiger charge is 2.04. The molecule has 0 saturated carbocycles. The van der Waals surface area contributed by atoms with Crippen molar-refractivity contribution in [3.63, 3.8) is 0 Å². The molecule has 1 aromatic rings. The van der Waals surface area contributed by atoms with Gasteiger partial charge in [-0.1, -0.05) is 17.7 Å². The van der Waals surface area contributed by atoms with E-state index >= 15 is 0 Å². The Bertz CT molecular complexity index is 275. The molecule has 0 fully saturated rings. The van der Waals surface area contributed by atoms with Crippen LogP contribution >= 0.6 is 11.6 Å². The maximum absolute atomic E-state index is 5.73. The molecule has 0 radical (unpaired) electrons. The normalized spacial score (nSPS) is 12.9. The lowest BCUT2D eigenvalue weighted by Crippen LogP contribution is -2.20. The maximum Gasteiger partial charge on any atom is 0.0635 e. The van der Waals surface area contributed by atoms with Gasteiger partial charge in [0, 0.05) is 12.6 Å². The highest BCUT2D eigenvalue weighted by molar-refractivity contribution is 6.33. The average molecular weight is 186 g/mol. The van der Waals surface area contributed by atoms with Crippen LogP contribution in [-0.4, -0.2) is 6.54 Å². The van der Waals surface area contributed by atoms with Crippen molar-refractivity contribution in [2.45, 2.75) is 6.04 Å². The number of hydrogen-bond acceptors (Lipinski definition) is 3. The molecule has 4 heteroatoms. The molecule has 1 atom stereocenters. The third kappa shape index (κ3) is 1.88. The van der Waals surface area contributed by atoms with Crippen molar-refractivity contribution in [1.29, 1.82) is 0 Å². The summed E-state index contributed by atoms with van der Waals surface area (Å²) in [6.45, 7) is 0.404. The van der Waals surface area contributed by atoms with Crippen LogP contribution in [0.4, 0.5) is 5.69 Å². The van der Waals surface area contributed by atoms with E-state index in [0.29, 0.717) is 17.3 Å². The van der Waals surface area contributed by atoms with Crippen molar-refractivity contribution in [3.8, 4) is 0 Å². The van der Waals surface area contributed by atoms with Crippen LogP contribution in [0, 0.1) is 0 Å². The van der Waals surface area contributed by atoms with Crippen LogP contribution in [0.1, 0.15) is 11.6 Å². The minimum absolute atomic E-state index is 0.162. The Morgan fingerprint density at radius 2 is 2.08 bits per heavy atom. The summed E-state index contributed by atoms with van der Waals surface area (Å²) < 4.78 is 0. The summed E-state index contributed by atoms with van der Waals surface area (Å²) in [6.07, 6.45) is 0. The second kappa shape index (κ2) is 3.76. The Labute approximate surface area is 76.5 Å².